The number of aryl methyl sites for hydroxylation is 1. The number of fused-ring (bicyclic) bond motifs is 1. The standard InChI is InChI=1S/C17H21NO3/c1-11-3-5-18(6-4-11)10-13-8-17(20)21-16-7-12(2)15(19)9-14(13)16/h7-9,11,19H,3-6,10H2,1-2H3/p+1. The molecule has 4 nitrogen and oxygen atoms in total. The van der Waals surface area contributed by atoms with Gasteiger partial charge in [-0.2, -0.15) is 0 Å². The van der Waals surface area contributed by atoms with Gasteiger partial charge in [-0.1, -0.05) is 6.92 Å². The summed E-state index contributed by atoms with van der Waals surface area (Å²) in [4.78, 5) is 13.3. The van der Waals surface area contributed by atoms with Crippen LogP contribution in [0, 0.1) is 12.8 Å². The molecule has 2 heterocycles. The summed E-state index contributed by atoms with van der Waals surface area (Å²) in [5.74, 6) is 1.05. The Bertz CT molecular complexity index is 712. The quantitative estimate of drug-likeness (QED) is 0.826. The number of phenolic OH excluding ortho intramolecular Hbond substituents is 1. The third kappa shape index (κ3) is 2.95. The van der Waals surface area contributed by atoms with Gasteiger partial charge in [0.05, 0.1) is 13.1 Å². The highest BCUT2D eigenvalue weighted by atomic mass is 16.4. The first kappa shape index (κ1) is 14.1. The Balaban J connectivity index is 1.97. The summed E-state index contributed by atoms with van der Waals surface area (Å²) in [7, 11) is 0. The number of hydrogen-bond donors (Lipinski definition) is 2. The first-order chi connectivity index (χ1) is 10.0. The number of rotatable bonds is 2. The smallest absolute Gasteiger partial charge is 0.336 e. The van der Waals surface area contributed by atoms with E-state index in [2.05, 4.69) is 6.92 Å². The van der Waals surface area contributed by atoms with E-state index in [9.17, 15) is 9.90 Å². The molecule has 4 heteroatoms. The number of phenols is 1. The molecule has 1 aliphatic rings. The van der Waals surface area contributed by atoms with E-state index >= 15 is 0 Å². The van der Waals surface area contributed by atoms with E-state index in [-0.39, 0.29) is 11.4 Å². The first-order valence-corrected chi connectivity index (χ1v) is 7.63. The number of quaternary nitrogens is 1. The average molecular weight is 288 g/mol. The summed E-state index contributed by atoms with van der Waals surface area (Å²) in [5.41, 5.74) is 1.95. The van der Waals surface area contributed by atoms with Crippen LogP contribution >= 0.6 is 0 Å². The van der Waals surface area contributed by atoms with Gasteiger partial charge in [-0.05, 0) is 43.4 Å². The zero-order chi connectivity index (χ0) is 15.0. The fourth-order valence-electron chi connectivity index (χ4n) is 3.13. The molecule has 0 spiro atoms. The van der Waals surface area contributed by atoms with Gasteiger partial charge in [-0.3, -0.25) is 0 Å². The Labute approximate surface area is 124 Å². The zero-order valence-electron chi connectivity index (χ0n) is 12.6. The number of hydrogen-bond acceptors (Lipinski definition) is 3. The van der Waals surface area contributed by atoms with Crippen LogP contribution < -0.4 is 10.5 Å². The maximum absolute atomic E-state index is 11.8. The van der Waals surface area contributed by atoms with Gasteiger partial charge >= 0.3 is 5.63 Å². The molecule has 1 fully saturated rings. The van der Waals surface area contributed by atoms with E-state index in [1.807, 2.05) is 0 Å². The largest absolute Gasteiger partial charge is 0.508 e. The highest BCUT2D eigenvalue weighted by Crippen LogP contribution is 2.25. The van der Waals surface area contributed by atoms with Gasteiger partial charge in [0, 0.05) is 17.0 Å². The Morgan fingerprint density at radius 2 is 2.00 bits per heavy atom. The van der Waals surface area contributed by atoms with Gasteiger partial charge in [-0.15, -0.1) is 0 Å². The topological polar surface area (TPSA) is 54.9 Å². The highest BCUT2D eigenvalue weighted by molar-refractivity contribution is 5.82. The van der Waals surface area contributed by atoms with Gasteiger partial charge in [0.2, 0.25) is 0 Å². The van der Waals surface area contributed by atoms with Crippen LogP contribution in [-0.2, 0) is 6.54 Å². The average Bonchev–Trinajstić information content (AvgIpc) is 2.43. The molecule has 0 aliphatic carbocycles. The van der Waals surface area contributed by atoms with Crippen LogP contribution in [0.2, 0.25) is 0 Å². The lowest BCUT2D eigenvalue weighted by Crippen LogP contribution is -3.11. The van der Waals surface area contributed by atoms with Gasteiger partial charge in [0.15, 0.2) is 0 Å². The molecule has 0 unspecified atom stereocenters. The van der Waals surface area contributed by atoms with E-state index in [0.29, 0.717) is 5.58 Å². The summed E-state index contributed by atoms with van der Waals surface area (Å²) in [6, 6.07) is 5.03. The molecule has 21 heavy (non-hydrogen) atoms. The van der Waals surface area contributed by atoms with Crippen molar-refractivity contribution in [1.82, 2.24) is 0 Å². The minimum Gasteiger partial charge on any atom is -0.508 e. The molecule has 1 aromatic heterocycles. The summed E-state index contributed by atoms with van der Waals surface area (Å²) in [6.07, 6.45) is 2.47. The molecule has 0 atom stereocenters. The lowest BCUT2D eigenvalue weighted by Gasteiger charge is -2.27. The van der Waals surface area contributed by atoms with E-state index in [4.69, 9.17) is 4.42 Å². The molecular weight excluding hydrogens is 266 g/mol. The molecule has 0 saturated carbocycles. The maximum Gasteiger partial charge on any atom is 0.336 e. The first-order valence-electron chi connectivity index (χ1n) is 7.63. The minimum atomic E-state index is -0.313. The van der Waals surface area contributed by atoms with Gasteiger partial charge in [0.1, 0.15) is 17.9 Å². The van der Waals surface area contributed by atoms with E-state index in [0.717, 1.165) is 42.1 Å². The van der Waals surface area contributed by atoms with Crippen molar-refractivity contribution in [2.45, 2.75) is 33.2 Å². The van der Waals surface area contributed by atoms with Crippen molar-refractivity contribution >= 4 is 11.0 Å². The molecule has 112 valence electrons. The second-order valence-electron chi connectivity index (χ2n) is 6.33. The van der Waals surface area contributed by atoms with Crippen molar-refractivity contribution in [2.24, 2.45) is 5.92 Å². The van der Waals surface area contributed by atoms with Crippen LogP contribution in [0.5, 0.6) is 5.75 Å². The molecule has 2 aromatic rings. The Kier molecular flexibility index (Phi) is 3.72. The summed E-state index contributed by atoms with van der Waals surface area (Å²) < 4.78 is 5.27. The lowest BCUT2D eigenvalue weighted by molar-refractivity contribution is -0.919. The van der Waals surface area contributed by atoms with Crippen molar-refractivity contribution in [3.05, 3.63) is 39.7 Å². The Morgan fingerprint density at radius 3 is 2.71 bits per heavy atom. The van der Waals surface area contributed by atoms with E-state index in [1.165, 1.54) is 17.7 Å². The molecule has 0 bridgehead atoms. The number of benzene rings is 1. The monoisotopic (exact) mass is 288 g/mol. The van der Waals surface area contributed by atoms with Crippen molar-refractivity contribution < 1.29 is 14.4 Å². The fourth-order valence-corrected chi connectivity index (χ4v) is 3.13. The lowest BCUT2D eigenvalue weighted by atomic mass is 9.98. The summed E-state index contributed by atoms with van der Waals surface area (Å²) >= 11 is 0. The maximum atomic E-state index is 11.8. The minimum absolute atomic E-state index is 0.250. The van der Waals surface area contributed by atoms with Crippen LogP contribution in [0.15, 0.2) is 27.4 Å². The highest BCUT2D eigenvalue weighted by Gasteiger charge is 2.20. The Hall–Kier alpha value is -1.81. The molecule has 1 aromatic carbocycles. The van der Waals surface area contributed by atoms with E-state index in [1.54, 1.807) is 25.1 Å². The second kappa shape index (κ2) is 5.53. The fraction of sp³-hybridized carbons (Fsp3) is 0.471. The van der Waals surface area contributed by atoms with Crippen molar-refractivity contribution in [2.75, 3.05) is 13.1 Å². The SMILES string of the molecule is Cc1cc2oc(=O)cc(C[NH+]3CCC(C)CC3)c2cc1O. The van der Waals surface area contributed by atoms with Gasteiger partial charge in [-0.25, -0.2) is 4.79 Å². The normalized spacial score (nSPS) is 22.6. The molecule has 0 amide bonds. The molecule has 3 rings (SSSR count). The van der Waals surface area contributed by atoms with Crippen LogP contribution in [0.1, 0.15) is 30.9 Å². The third-order valence-electron chi connectivity index (χ3n) is 4.57. The predicted octanol–water partition coefficient (Wildman–Crippen LogP) is 1.62. The predicted molar refractivity (Wildman–Crippen MR) is 81.7 cm³/mol. The number of nitrogens with one attached hydrogen (secondary N) is 1. The molecular formula is C17H22NO3+. The summed E-state index contributed by atoms with van der Waals surface area (Å²) in [5, 5.41) is 10.8. The second-order valence-corrected chi connectivity index (χ2v) is 6.33. The Morgan fingerprint density at radius 1 is 1.29 bits per heavy atom. The molecule has 0 radical (unpaired) electrons. The van der Waals surface area contributed by atoms with Crippen LogP contribution in [0.3, 0.4) is 0 Å². The van der Waals surface area contributed by atoms with Gasteiger partial charge < -0.3 is 14.4 Å². The van der Waals surface area contributed by atoms with Gasteiger partial charge in [0.25, 0.3) is 0 Å². The van der Waals surface area contributed by atoms with Crippen molar-refractivity contribution in [3.63, 3.8) is 0 Å². The van der Waals surface area contributed by atoms with Crippen LogP contribution in [0.25, 0.3) is 11.0 Å². The third-order valence-corrected chi connectivity index (χ3v) is 4.57. The summed E-state index contributed by atoms with van der Waals surface area (Å²) in [6.45, 7) is 7.20. The van der Waals surface area contributed by atoms with Crippen molar-refractivity contribution in [3.8, 4) is 5.75 Å². The number of piperidine rings is 1. The van der Waals surface area contributed by atoms with Crippen molar-refractivity contribution in [1.29, 1.82) is 0 Å². The molecule has 1 aliphatic heterocycles. The number of likely N-dealkylation sites (tertiary alicyclic amines) is 1. The van der Waals surface area contributed by atoms with Crippen LogP contribution in [-0.4, -0.2) is 18.2 Å². The molecule has 1 saturated heterocycles. The number of aromatic hydroxyl groups is 1. The van der Waals surface area contributed by atoms with Crippen LogP contribution in [0.4, 0.5) is 0 Å². The zero-order valence-corrected chi connectivity index (χ0v) is 12.6. The molecule has 2 N–H and O–H groups in total. The van der Waals surface area contributed by atoms with E-state index < -0.39 is 0 Å².